The summed E-state index contributed by atoms with van der Waals surface area (Å²) in [6.07, 6.45) is 2.32. The first kappa shape index (κ1) is 14.5. The molecular weight excluding hydrogens is 276 g/mol. The molecule has 112 valence electrons. The maximum absolute atomic E-state index is 12.2. The van der Waals surface area contributed by atoms with Crippen molar-refractivity contribution in [3.63, 3.8) is 0 Å². The number of carbonyl (C=O) groups excluding carboxylic acids is 1. The Kier molecular flexibility index (Phi) is 4.02. The third kappa shape index (κ3) is 2.78. The average molecular weight is 294 g/mol. The lowest BCUT2D eigenvalue weighted by Gasteiger charge is -2.15. The Hall–Kier alpha value is -2.46. The molecule has 1 N–H and O–H groups in total. The van der Waals surface area contributed by atoms with Gasteiger partial charge in [0.2, 0.25) is 5.91 Å². The molecule has 0 aromatic heterocycles. The van der Waals surface area contributed by atoms with Gasteiger partial charge in [-0.25, -0.2) is 5.43 Å². The van der Waals surface area contributed by atoms with Crippen LogP contribution in [0.2, 0.25) is 0 Å². The number of methoxy groups -OCH3 is 1. The molecule has 4 nitrogen and oxygen atoms in total. The van der Waals surface area contributed by atoms with Crippen LogP contribution in [0.4, 0.5) is 0 Å². The molecule has 2 aromatic rings. The van der Waals surface area contributed by atoms with Crippen LogP contribution in [0.3, 0.4) is 0 Å². The van der Waals surface area contributed by atoms with E-state index >= 15 is 0 Å². The monoisotopic (exact) mass is 294 g/mol. The Labute approximate surface area is 129 Å². The third-order valence-corrected chi connectivity index (χ3v) is 4.04. The van der Waals surface area contributed by atoms with Crippen LogP contribution in [0.25, 0.3) is 0 Å². The molecule has 4 heteroatoms. The molecule has 1 saturated carbocycles. The molecule has 0 spiro atoms. The van der Waals surface area contributed by atoms with Crippen molar-refractivity contribution in [3.05, 3.63) is 71.8 Å². The first-order valence-corrected chi connectivity index (χ1v) is 7.25. The molecule has 1 aliphatic carbocycles. The van der Waals surface area contributed by atoms with E-state index in [1.807, 2.05) is 60.7 Å². The lowest BCUT2D eigenvalue weighted by atomic mass is 10.1. The minimum Gasteiger partial charge on any atom is -0.373 e. The molecule has 1 amide bonds. The van der Waals surface area contributed by atoms with Crippen molar-refractivity contribution in [1.29, 1.82) is 0 Å². The minimum atomic E-state index is -0.506. The predicted octanol–water partition coefficient (Wildman–Crippen LogP) is 2.70. The number of carbonyl (C=O) groups is 1. The number of hydrazone groups is 1. The molecule has 3 rings (SSSR count). The zero-order valence-corrected chi connectivity index (χ0v) is 12.4. The highest BCUT2D eigenvalue weighted by Gasteiger charge is 2.60. The van der Waals surface area contributed by atoms with Crippen molar-refractivity contribution in [3.8, 4) is 0 Å². The summed E-state index contributed by atoms with van der Waals surface area (Å²) in [6.45, 7) is 0. The number of rotatable bonds is 5. The number of hydrogen-bond acceptors (Lipinski definition) is 3. The normalized spacial score (nSPS) is 23.4. The number of amides is 1. The third-order valence-electron chi connectivity index (χ3n) is 4.04. The van der Waals surface area contributed by atoms with Crippen molar-refractivity contribution < 1.29 is 9.53 Å². The van der Waals surface area contributed by atoms with Gasteiger partial charge in [-0.15, -0.1) is 0 Å². The van der Waals surface area contributed by atoms with E-state index in [0.717, 1.165) is 11.1 Å². The van der Waals surface area contributed by atoms with Crippen LogP contribution in [-0.2, 0) is 15.1 Å². The van der Waals surface area contributed by atoms with Gasteiger partial charge in [-0.1, -0.05) is 60.7 Å². The Bertz CT molecular complexity index is 670. The van der Waals surface area contributed by atoms with Gasteiger partial charge >= 0.3 is 0 Å². The van der Waals surface area contributed by atoms with Crippen LogP contribution >= 0.6 is 0 Å². The predicted molar refractivity (Wildman–Crippen MR) is 85.4 cm³/mol. The summed E-state index contributed by atoms with van der Waals surface area (Å²) >= 11 is 0. The molecule has 1 aliphatic rings. The molecule has 0 radical (unpaired) electrons. The van der Waals surface area contributed by atoms with Gasteiger partial charge in [0.1, 0.15) is 5.60 Å². The van der Waals surface area contributed by atoms with Gasteiger partial charge < -0.3 is 4.74 Å². The fourth-order valence-corrected chi connectivity index (χ4v) is 2.72. The zero-order valence-electron chi connectivity index (χ0n) is 12.4. The fourth-order valence-electron chi connectivity index (χ4n) is 2.72. The molecule has 0 heterocycles. The highest BCUT2D eigenvalue weighted by Crippen LogP contribution is 2.54. The van der Waals surface area contributed by atoms with Gasteiger partial charge in [-0.2, -0.15) is 5.10 Å². The van der Waals surface area contributed by atoms with E-state index in [1.54, 1.807) is 13.3 Å². The van der Waals surface area contributed by atoms with Gasteiger partial charge in [0, 0.05) is 7.11 Å². The zero-order chi connectivity index (χ0) is 15.4. The van der Waals surface area contributed by atoms with Gasteiger partial charge in [-0.05, 0) is 17.5 Å². The quantitative estimate of drug-likeness (QED) is 0.681. The van der Waals surface area contributed by atoms with E-state index in [4.69, 9.17) is 4.74 Å². The van der Waals surface area contributed by atoms with Crippen molar-refractivity contribution in [2.75, 3.05) is 7.11 Å². The first-order chi connectivity index (χ1) is 10.8. The molecule has 0 bridgehead atoms. The second-order valence-electron chi connectivity index (χ2n) is 5.36. The maximum Gasteiger partial charge on any atom is 0.246 e. The van der Waals surface area contributed by atoms with Crippen molar-refractivity contribution in [2.24, 2.45) is 11.0 Å². The van der Waals surface area contributed by atoms with Crippen LogP contribution in [0.5, 0.6) is 0 Å². The van der Waals surface area contributed by atoms with E-state index < -0.39 is 5.60 Å². The van der Waals surface area contributed by atoms with Gasteiger partial charge in [0.05, 0.1) is 12.1 Å². The summed E-state index contributed by atoms with van der Waals surface area (Å²) in [6, 6.07) is 19.5. The van der Waals surface area contributed by atoms with Crippen LogP contribution in [0.15, 0.2) is 65.8 Å². The highest BCUT2D eigenvalue weighted by atomic mass is 16.5. The van der Waals surface area contributed by atoms with Crippen molar-refractivity contribution >= 4 is 12.1 Å². The number of nitrogens with one attached hydrogen (secondary N) is 1. The standard InChI is InChI=1S/C18H18N2O2/c1-22-18(15-10-6-3-7-11-15)12-16(18)17(21)20-19-13-14-8-4-2-5-9-14/h2-11,13,16H,12H2,1H3,(H,20,21)/t16-,18+/m1/s1. The number of benzene rings is 2. The topological polar surface area (TPSA) is 50.7 Å². The minimum absolute atomic E-state index is 0.113. The van der Waals surface area contributed by atoms with Crippen molar-refractivity contribution in [2.45, 2.75) is 12.0 Å². The molecule has 0 unspecified atom stereocenters. The average Bonchev–Trinajstić information content (AvgIpc) is 3.33. The van der Waals surface area contributed by atoms with Crippen LogP contribution in [0.1, 0.15) is 17.5 Å². The summed E-state index contributed by atoms with van der Waals surface area (Å²) in [5, 5.41) is 4.02. The molecule has 0 saturated heterocycles. The Morgan fingerprint density at radius 2 is 1.82 bits per heavy atom. The van der Waals surface area contributed by atoms with E-state index in [-0.39, 0.29) is 11.8 Å². The lowest BCUT2D eigenvalue weighted by molar-refractivity contribution is -0.124. The molecule has 2 aromatic carbocycles. The number of hydrogen-bond donors (Lipinski definition) is 1. The summed E-state index contributed by atoms with van der Waals surface area (Å²) < 4.78 is 5.62. The van der Waals surface area contributed by atoms with Crippen LogP contribution < -0.4 is 5.43 Å². The molecule has 22 heavy (non-hydrogen) atoms. The summed E-state index contributed by atoms with van der Waals surface area (Å²) in [7, 11) is 1.65. The Morgan fingerprint density at radius 1 is 1.18 bits per heavy atom. The molecule has 0 aliphatic heterocycles. The molecule has 2 atom stereocenters. The first-order valence-electron chi connectivity index (χ1n) is 7.25. The maximum atomic E-state index is 12.2. The van der Waals surface area contributed by atoms with Gasteiger partial charge in [0.15, 0.2) is 0 Å². The summed E-state index contributed by atoms with van der Waals surface area (Å²) in [5.74, 6) is -0.314. The fraction of sp³-hybridized carbons (Fsp3) is 0.222. The van der Waals surface area contributed by atoms with E-state index in [1.165, 1.54) is 0 Å². The molecular formula is C18H18N2O2. The highest BCUT2D eigenvalue weighted by molar-refractivity contribution is 5.86. The Morgan fingerprint density at radius 3 is 2.45 bits per heavy atom. The smallest absolute Gasteiger partial charge is 0.246 e. The second-order valence-corrected chi connectivity index (χ2v) is 5.36. The molecule has 1 fully saturated rings. The van der Waals surface area contributed by atoms with E-state index in [2.05, 4.69) is 10.5 Å². The lowest BCUT2D eigenvalue weighted by Crippen LogP contribution is -2.25. The summed E-state index contributed by atoms with van der Waals surface area (Å²) in [5.41, 5.74) is 4.07. The Balaban J connectivity index is 1.64. The van der Waals surface area contributed by atoms with E-state index in [0.29, 0.717) is 6.42 Å². The largest absolute Gasteiger partial charge is 0.373 e. The van der Waals surface area contributed by atoms with Gasteiger partial charge in [-0.3, -0.25) is 4.79 Å². The van der Waals surface area contributed by atoms with E-state index in [9.17, 15) is 4.79 Å². The number of ether oxygens (including phenoxy) is 1. The van der Waals surface area contributed by atoms with Gasteiger partial charge in [0.25, 0.3) is 0 Å². The van der Waals surface area contributed by atoms with Crippen LogP contribution in [-0.4, -0.2) is 19.2 Å². The van der Waals surface area contributed by atoms with Crippen molar-refractivity contribution in [1.82, 2.24) is 5.43 Å². The number of nitrogens with zero attached hydrogens (tertiary/aromatic N) is 1. The second kappa shape index (κ2) is 6.12. The van der Waals surface area contributed by atoms with Crippen LogP contribution in [0, 0.1) is 5.92 Å². The SMILES string of the molecule is CO[C@]1(c2ccccc2)C[C@@H]1C(=O)NN=Cc1ccccc1. The summed E-state index contributed by atoms with van der Waals surface area (Å²) in [4.78, 5) is 12.2.